The number of likely N-dealkylation sites (tertiary alicyclic amines) is 2. The van der Waals surface area contributed by atoms with Crippen LogP contribution < -0.4 is 5.56 Å². The van der Waals surface area contributed by atoms with Crippen LogP contribution in [0.5, 0.6) is 0 Å². The Morgan fingerprint density at radius 3 is 2.66 bits per heavy atom. The van der Waals surface area contributed by atoms with Gasteiger partial charge in [-0.2, -0.15) is 5.10 Å². The van der Waals surface area contributed by atoms with E-state index in [0.29, 0.717) is 24.9 Å². The van der Waals surface area contributed by atoms with Crippen molar-refractivity contribution in [1.29, 1.82) is 0 Å². The molecule has 2 amide bonds. The molecular weight excluding hydrogens is 368 g/mol. The molecular formula is C22H28N4O3. The highest BCUT2D eigenvalue weighted by Crippen LogP contribution is 2.40. The number of aromatic nitrogens is 2. The second-order valence-electron chi connectivity index (χ2n) is 8.34. The summed E-state index contributed by atoms with van der Waals surface area (Å²) < 4.78 is 1.26. The van der Waals surface area contributed by atoms with Crippen LogP contribution in [0.4, 0.5) is 0 Å². The summed E-state index contributed by atoms with van der Waals surface area (Å²) in [7, 11) is 0. The fraction of sp³-hybridized carbons (Fsp3) is 0.545. The third-order valence-corrected chi connectivity index (χ3v) is 6.36. The predicted octanol–water partition coefficient (Wildman–Crippen LogP) is 1.96. The topological polar surface area (TPSA) is 75.5 Å². The first-order valence-electron chi connectivity index (χ1n) is 10.5. The lowest BCUT2D eigenvalue weighted by molar-refractivity contribution is -0.146. The molecule has 2 aliphatic rings. The van der Waals surface area contributed by atoms with Crippen molar-refractivity contribution in [1.82, 2.24) is 19.6 Å². The van der Waals surface area contributed by atoms with Gasteiger partial charge in [0.25, 0.3) is 5.56 Å². The fourth-order valence-electron chi connectivity index (χ4n) is 4.84. The molecule has 0 N–H and O–H groups in total. The summed E-state index contributed by atoms with van der Waals surface area (Å²) >= 11 is 0. The van der Waals surface area contributed by atoms with Crippen molar-refractivity contribution >= 4 is 22.6 Å². The molecule has 1 aromatic carbocycles. The van der Waals surface area contributed by atoms with Crippen molar-refractivity contribution in [2.45, 2.75) is 46.1 Å². The molecule has 1 spiro atoms. The molecule has 0 aliphatic carbocycles. The molecule has 2 saturated heterocycles. The number of carbonyl (C=O) groups is 2. The Morgan fingerprint density at radius 1 is 1.14 bits per heavy atom. The molecule has 2 aliphatic heterocycles. The van der Waals surface area contributed by atoms with Gasteiger partial charge < -0.3 is 9.80 Å². The summed E-state index contributed by atoms with van der Waals surface area (Å²) in [6.45, 7) is 6.44. The van der Waals surface area contributed by atoms with E-state index >= 15 is 0 Å². The molecule has 0 radical (unpaired) electrons. The first kappa shape index (κ1) is 19.6. The Labute approximate surface area is 170 Å². The molecule has 0 bridgehead atoms. The van der Waals surface area contributed by atoms with Crippen LogP contribution >= 0.6 is 0 Å². The maximum absolute atomic E-state index is 13.0. The van der Waals surface area contributed by atoms with Crippen LogP contribution in [0.2, 0.25) is 0 Å². The van der Waals surface area contributed by atoms with Gasteiger partial charge in [-0.15, -0.1) is 0 Å². The van der Waals surface area contributed by atoms with E-state index in [-0.39, 0.29) is 23.9 Å². The predicted molar refractivity (Wildman–Crippen MR) is 110 cm³/mol. The Kier molecular flexibility index (Phi) is 5.15. The van der Waals surface area contributed by atoms with Crippen LogP contribution in [0, 0.1) is 12.3 Å². The number of carbonyl (C=O) groups excluding carboxylic acids is 2. The third-order valence-electron chi connectivity index (χ3n) is 6.36. The van der Waals surface area contributed by atoms with Crippen LogP contribution in [0.25, 0.3) is 10.8 Å². The number of fused-ring (bicyclic) bond motifs is 1. The molecule has 7 nitrogen and oxygen atoms in total. The van der Waals surface area contributed by atoms with Gasteiger partial charge in [-0.05, 0) is 38.7 Å². The van der Waals surface area contributed by atoms with Crippen molar-refractivity contribution in [3.63, 3.8) is 0 Å². The van der Waals surface area contributed by atoms with Gasteiger partial charge in [0, 0.05) is 31.6 Å². The first-order chi connectivity index (χ1) is 13.9. The van der Waals surface area contributed by atoms with E-state index in [9.17, 15) is 14.4 Å². The first-order valence-corrected chi connectivity index (χ1v) is 10.5. The lowest BCUT2D eigenvalue weighted by atomic mass is 9.78. The fourth-order valence-corrected chi connectivity index (χ4v) is 4.84. The lowest BCUT2D eigenvalue weighted by Gasteiger charge is -2.39. The van der Waals surface area contributed by atoms with Crippen LogP contribution in [-0.2, 0) is 16.1 Å². The zero-order valence-electron chi connectivity index (χ0n) is 17.2. The minimum absolute atomic E-state index is 0.0898. The molecule has 4 rings (SSSR count). The van der Waals surface area contributed by atoms with Gasteiger partial charge in [-0.1, -0.05) is 25.1 Å². The molecule has 7 heteroatoms. The van der Waals surface area contributed by atoms with Gasteiger partial charge in [0.05, 0.1) is 16.5 Å². The van der Waals surface area contributed by atoms with Gasteiger partial charge in [-0.3, -0.25) is 14.4 Å². The van der Waals surface area contributed by atoms with Crippen LogP contribution in [-0.4, -0.2) is 57.6 Å². The van der Waals surface area contributed by atoms with Crippen molar-refractivity contribution in [3.8, 4) is 0 Å². The second kappa shape index (κ2) is 7.61. The quantitative estimate of drug-likeness (QED) is 0.792. The van der Waals surface area contributed by atoms with E-state index in [1.807, 2.05) is 30.0 Å². The minimum atomic E-state index is -0.444. The lowest BCUT2D eigenvalue weighted by Crippen LogP contribution is -2.50. The third kappa shape index (κ3) is 3.43. The number of nitrogens with zero attached hydrogens (tertiary/aromatic N) is 4. The molecule has 0 unspecified atom stereocenters. The molecule has 2 aromatic rings. The SMILES string of the molecule is CCCN1CCC[C@@]2(CCN(C(=O)Cn3nc(C)c4ccccc4c3=O)C2)C1=O. The molecule has 1 atom stereocenters. The summed E-state index contributed by atoms with van der Waals surface area (Å²) in [5.74, 6) is 0.0457. The van der Waals surface area contributed by atoms with Crippen LogP contribution in [0.15, 0.2) is 29.1 Å². The van der Waals surface area contributed by atoms with Gasteiger partial charge in [-0.25, -0.2) is 4.68 Å². The highest BCUT2D eigenvalue weighted by atomic mass is 16.2. The van der Waals surface area contributed by atoms with Crippen LogP contribution in [0.3, 0.4) is 0 Å². The van der Waals surface area contributed by atoms with Gasteiger partial charge in [0.1, 0.15) is 6.54 Å². The standard InChI is InChI=1S/C22H28N4O3/c1-3-11-24-12-6-9-22(21(24)29)10-13-25(15-22)19(27)14-26-20(28)18-8-5-4-7-17(18)16(2)23-26/h4-5,7-8H,3,6,9-15H2,1-2H3/t22-/m0/s1. The number of hydrogen-bond acceptors (Lipinski definition) is 4. The normalized spacial score (nSPS) is 22.1. The Hall–Kier alpha value is -2.70. The number of amides is 2. The van der Waals surface area contributed by atoms with E-state index in [1.54, 1.807) is 11.0 Å². The van der Waals surface area contributed by atoms with E-state index < -0.39 is 5.41 Å². The van der Waals surface area contributed by atoms with Crippen molar-refractivity contribution < 1.29 is 9.59 Å². The molecule has 2 fully saturated rings. The summed E-state index contributed by atoms with van der Waals surface area (Å²) in [6, 6.07) is 7.32. The van der Waals surface area contributed by atoms with Gasteiger partial charge in [0.2, 0.25) is 11.8 Å². The summed E-state index contributed by atoms with van der Waals surface area (Å²) in [6.07, 6.45) is 3.47. The summed E-state index contributed by atoms with van der Waals surface area (Å²) in [4.78, 5) is 42.4. The van der Waals surface area contributed by atoms with Crippen molar-refractivity contribution in [2.24, 2.45) is 5.41 Å². The van der Waals surface area contributed by atoms with E-state index in [4.69, 9.17) is 0 Å². The maximum atomic E-state index is 13.0. The van der Waals surface area contributed by atoms with Crippen molar-refractivity contribution in [3.05, 3.63) is 40.3 Å². The largest absolute Gasteiger partial charge is 0.342 e. The van der Waals surface area contributed by atoms with E-state index in [0.717, 1.165) is 43.4 Å². The average molecular weight is 396 g/mol. The van der Waals surface area contributed by atoms with E-state index in [1.165, 1.54) is 4.68 Å². The molecule has 1 aromatic heterocycles. The number of benzene rings is 1. The zero-order valence-corrected chi connectivity index (χ0v) is 17.2. The smallest absolute Gasteiger partial charge is 0.275 e. The van der Waals surface area contributed by atoms with Gasteiger partial charge >= 0.3 is 0 Å². The molecule has 3 heterocycles. The molecule has 0 saturated carbocycles. The molecule has 29 heavy (non-hydrogen) atoms. The summed E-state index contributed by atoms with van der Waals surface area (Å²) in [5, 5.41) is 5.73. The van der Waals surface area contributed by atoms with Crippen molar-refractivity contribution in [2.75, 3.05) is 26.2 Å². The monoisotopic (exact) mass is 396 g/mol. The van der Waals surface area contributed by atoms with Gasteiger partial charge in [0.15, 0.2) is 0 Å². The van der Waals surface area contributed by atoms with E-state index in [2.05, 4.69) is 12.0 Å². The Bertz CT molecular complexity index is 1010. The number of aryl methyl sites for hydroxylation is 1. The molecule has 154 valence electrons. The number of rotatable bonds is 4. The zero-order chi connectivity index (χ0) is 20.6. The Balaban J connectivity index is 1.52. The maximum Gasteiger partial charge on any atom is 0.275 e. The van der Waals surface area contributed by atoms with Crippen LogP contribution in [0.1, 0.15) is 38.3 Å². The highest BCUT2D eigenvalue weighted by Gasteiger charge is 2.49. The highest BCUT2D eigenvalue weighted by molar-refractivity contribution is 5.86. The number of piperidine rings is 1. The Morgan fingerprint density at radius 2 is 1.90 bits per heavy atom. The number of hydrogen-bond donors (Lipinski definition) is 0. The average Bonchev–Trinajstić information content (AvgIpc) is 3.15. The minimum Gasteiger partial charge on any atom is -0.342 e. The second-order valence-corrected chi connectivity index (χ2v) is 8.34. The summed E-state index contributed by atoms with van der Waals surface area (Å²) in [5.41, 5.74) is 0.0284.